The van der Waals surface area contributed by atoms with Crippen molar-refractivity contribution in [2.75, 3.05) is 6.54 Å². The van der Waals surface area contributed by atoms with Crippen LogP contribution in [0.5, 0.6) is 0 Å². The van der Waals surface area contributed by atoms with Crippen LogP contribution in [0, 0.1) is 23.7 Å². The van der Waals surface area contributed by atoms with Crippen molar-refractivity contribution in [3.05, 3.63) is 34.9 Å². The fourth-order valence-corrected chi connectivity index (χ4v) is 2.18. The van der Waals surface area contributed by atoms with Crippen LogP contribution >= 0.6 is 0 Å². The molecule has 0 radical (unpaired) electrons. The van der Waals surface area contributed by atoms with E-state index in [1.54, 1.807) is 0 Å². The molecule has 0 aliphatic heterocycles. The number of nitriles is 1. The van der Waals surface area contributed by atoms with E-state index in [0.29, 0.717) is 12.0 Å². The van der Waals surface area contributed by atoms with Gasteiger partial charge in [-0.05, 0) is 55.0 Å². The molecule has 0 aliphatic carbocycles. The predicted octanol–water partition coefficient (Wildman–Crippen LogP) is 3.24. The molecule has 4 heteroatoms. The van der Waals surface area contributed by atoms with Crippen LogP contribution in [0.4, 0.5) is 0 Å². The summed E-state index contributed by atoms with van der Waals surface area (Å²) >= 11 is 0. The van der Waals surface area contributed by atoms with Crippen molar-refractivity contribution in [2.24, 2.45) is 5.41 Å². The fourth-order valence-electron chi connectivity index (χ4n) is 2.18. The van der Waals surface area contributed by atoms with Crippen LogP contribution in [0.2, 0.25) is 0 Å². The lowest BCUT2D eigenvalue weighted by Crippen LogP contribution is -2.23. The highest BCUT2D eigenvalue weighted by molar-refractivity contribution is 5.66. The summed E-state index contributed by atoms with van der Waals surface area (Å²) in [6, 6.07) is 7.85. The maximum Gasteiger partial charge on any atom is 0.303 e. The van der Waals surface area contributed by atoms with Crippen molar-refractivity contribution < 1.29 is 9.90 Å². The SMILES string of the molecule is Cc1cc(C#N)ccc1CNCCC(C)(C)CCC(=O)O. The molecule has 0 unspecified atom stereocenters. The number of aryl methyl sites for hydroxylation is 1. The Labute approximate surface area is 126 Å². The third-order valence-corrected chi connectivity index (χ3v) is 3.78. The molecule has 1 aromatic rings. The van der Waals surface area contributed by atoms with Gasteiger partial charge in [0.05, 0.1) is 11.6 Å². The van der Waals surface area contributed by atoms with Crippen molar-refractivity contribution in [1.82, 2.24) is 5.32 Å². The van der Waals surface area contributed by atoms with Gasteiger partial charge in [0.2, 0.25) is 0 Å². The number of carboxylic acids is 1. The Morgan fingerprint density at radius 3 is 2.67 bits per heavy atom. The summed E-state index contributed by atoms with van der Waals surface area (Å²) in [5, 5.41) is 21.0. The molecular formula is C17H24N2O2. The Morgan fingerprint density at radius 1 is 1.38 bits per heavy atom. The van der Waals surface area contributed by atoms with Crippen molar-refractivity contribution in [1.29, 1.82) is 5.26 Å². The first-order valence-electron chi connectivity index (χ1n) is 7.26. The molecule has 0 spiro atoms. The summed E-state index contributed by atoms with van der Waals surface area (Å²) in [5.41, 5.74) is 3.03. The number of rotatable bonds is 8. The quantitative estimate of drug-likeness (QED) is 0.720. The summed E-state index contributed by atoms with van der Waals surface area (Å²) in [5.74, 6) is -0.732. The summed E-state index contributed by atoms with van der Waals surface area (Å²) in [4.78, 5) is 10.6. The first-order valence-corrected chi connectivity index (χ1v) is 7.26. The molecule has 0 fully saturated rings. The molecule has 1 aromatic carbocycles. The lowest BCUT2D eigenvalue weighted by Gasteiger charge is -2.24. The number of carbonyl (C=O) groups is 1. The maximum atomic E-state index is 10.6. The number of hydrogen-bond acceptors (Lipinski definition) is 3. The van der Waals surface area contributed by atoms with Gasteiger partial charge in [-0.15, -0.1) is 0 Å². The monoisotopic (exact) mass is 288 g/mol. The highest BCUT2D eigenvalue weighted by Gasteiger charge is 2.18. The number of nitrogens with one attached hydrogen (secondary N) is 1. The molecule has 2 N–H and O–H groups in total. The molecule has 0 atom stereocenters. The van der Waals surface area contributed by atoms with E-state index < -0.39 is 5.97 Å². The van der Waals surface area contributed by atoms with Gasteiger partial charge in [0.25, 0.3) is 0 Å². The van der Waals surface area contributed by atoms with Gasteiger partial charge in [0.1, 0.15) is 0 Å². The van der Waals surface area contributed by atoms with E-state index in [1.165, 1.54) is 5.56 Å². The second kappa shape index (κ2) is 7.80. The molecule has 114 valence electrons. The van der Waals surface area contributed by atoms with Crippen LogP contribution in [0.15, 0.2) is 18.2 Å². The molecule has 0 saturated heterocycles. The van der Waals surface area contributed by atoms with Gasteiger partial charge in [-0.1, -0.05) is 19.9 Å². The molecule has 0 heterocycles. The van der Waals surface area contributed by atoms with E-state index in [4.69, 9.17) is 10.4 Å². The molecule has 0 saturated carbocycles. The molecule has 0 amide bonds. The Bertz CT molecular complexity index is 530. The molecule has 21 heavy (non-hydrogen) atoms. The topological polar surface area (TPSA) is 73.1 Å². The average Bonchev–Trinajstić information content (AvgIpc) is 2.43. The Morgan fingerprint density at radius 2 is 2.10 bits per heavy atom. The van der Waals surface area contributed by atoms with Crippen LogP contribution in [-0.2, 0) is 11.3 Å². The van der Waals surface area contributed by atoms with Gasteiger partial charge in [0.15, 0.2) is 0 Å². The minimum Gasteiger partial charge on any atom is -0.481 e. The van der Waals surface area contributed by atoms with Crippen molar-refractivity contribution in [3.63, 3.8) is 0 Å². The largest absolute Gasteiger partial charge is 0.481 e. The minimum atomic E-state index is -0.732. The summed E-state index contributed by atoms with van der Waals surface area (Å²) in [6.45, 7) is 7.84. The third-order valence-electron chi connectivity index (χ3n) is 3.78. The third kappa shape index (κ3) is 6.42. The molecule has 0 bridgehead atoms. The molecular weight excluding hydrogens is 264 g/mol. The summed E-state index contributed by atoms with van der Waals surface area (Å²) < 4.78 is 0. The Kier molecular flexibility index (Phi) is 6.39. The van der Waals surface area contributed by atoms with E-state index in [-0.39, 0.29) is 11.8 Å². The zero-order valence-electron chi connectivity index (χ0n) is 13.1. The van der Waals surface area contributed by atoms with Crippen molar-refractivity contribution in [3.8, 4) is 6.07 Å². The molecule has 0 aliphatic rings. The van der Waals surface area contributed by atoms with Gasteiger partial charge in [-0.25, -0.2) is 0 Å². The Hall–Kier alpha value is -1.86. The van der Waals surface area contributed by atoms with E-state index in [9.17, 15) is 4.79 Å². The minimum absolute atomic E-state index is 0.0328. The number of hydrogen-bond donors (Lipinski definition) is 2. The van der Waals surface area contributed by atoms with E-state index >= 15 is 0 Å². The van der Waals surface area contributed by atoms with Gasteiger partial charge in [-0.3, -0.25) is 4.79 Å². The van der Waals surface area contributed by atoms with Crippen LogP contribution in [-0.4, -0.2) is 17.6 Å². The number of carboxylic acid groups (broad SMARTS) is 1. The van der Waals surface area contributed by atoms with E-state index in [1.807, 2.05) is 25.1 Å². The highest BCUT2D eigenvalue weighted by Crippen LogP contribution is 2.26. The maximum absolute atomic E-state index is 10.6. The van der Waals surface area contributed by atoms with Gasteiger partial charge in [-0.2, -0.15) is 5.26 Å². The smallest absolute Gasteiger partial charge is 0.303 e. The Balaban J connectivity index is 2.37. The molecule has 4 nitrogen and oxygen atoms in total. The van der Waals surface area contributed by atoms with Crippen molar-refractivity contribution in [2.45, 2.75) is 46.6 Å². The van der Waals surface area contributed by atoms with Crippen LogP contribution in [0.25, 0.3) is 0 Å². The van der Waals surface area contributed by atoms with Gasteiger partial charge >= 0.3 is 5.97 Å². The average molecular weight is 288 g/mol. The van der Waals surface area contributed by atoms with Crippen LogP contribution in [0.1, 0.15) is 49.8 Å². The lowest BCUT2D eigenvalue weighted by molar-refractivity contribution is -0.137. The zero-order chi connectivity index (χ0) is 15.9. The lowest BCUT2D eigenvalue weighted by atomic mass is 9.84. The molecule has 0 aromatic heterocycles. The summed E-state index contributed by atoms with van der Waals surface area (Å²) in [7, 11) is 0. The van der Waals surface area contributed by atoms with E-state index in [2.05, 4.69) is 25.2 Å². The first-order chi connectivity index (χ1) is 9.84. The predicted molar refractivity (Wildman–Crippen MR) is 82.9 cm³/mol. The molecule has 1 rings (SSSR count). The second-order valence-electron chi connectivity index (χ2n) is 6.24. The normalized spacial score (nSPS) is 11.1. The standard InChI is InChI=1S/C17H24N2O2/c1-13-10-14(11-18)4-5-15(13)12-19-9-8-17(2,3)7-6-16(20)21/h4-5,10,19H,6-9,12H2,1-3H3,(H,20,21). The number of nitrogens with zero attached hydrogens (tertiary/aromatic N) is 1. The first kappa shape index (κ1) is 17.2. The second-order valence-corrected chi connectivity index (χ2v) is 6.24. The van der Waals surface area contributed by atoms with Crippen LogP contribution in [0.3, 0.4) is 0 Å². The van der Waals surface area contributed by atoms with E-state index in [0.717, 1.165) is 25.1 Å². The van der Waals surface area contributed by atoms with Gasteiger partial charge < -0.3 is 10.4 Å². The number of benzene rings is 1. The van der Waals surface area contributed by atoms with Crippen LogP contribution < -0.4 is 5.32 Å². The highest BCUT2D eigenvalue weighted by atomic mass is 16.4. The summed E-state index contributed by atoms with van der Waals surface area (Å²) in [6.07, 6.45) is 1.86. The van der Waals surface area contributed by atoms with Gasteiger partial charge in [0, 0.05) is 13.0 Å². The number of aliphatic carboxylic acids is 1. The zero-order valence-corrected chi connectivity index (χ0v) is 13.1. The van der Waals surface area contributed by atoms with Crippen molar-refractivity contribution >= 4 is 5.97 Å². The fraction of sp³-hybridized carbons (Fsp3) is 0.529.